The second-order valence-electron chi connectivity index (χ2n) is 9.75. The van der Waals surface area contributed by atoms with Crippen molar-refractivity contribution < 1.29 is 14.3 Å². The molecule has 0 spiro atoms. The Morgan fingerprint density at radius 3 is 2.39 bits per heavy atom. The predicted octanol–water partition coefficient (Wildman–Crippen LogP) is 6.96. The highest BCUT2D eigenvalue weighted by molar-refractivity contribution is 9.10. The van der Waals surface area contributed by atoms with E-state index < -0.39 is 6.04 Å². The Morgan fingerprint density at radius 2 is 1.68 bits per heavy atom. The highest BCUT2D eigenvalue weighted by Gasteiger charge is 2.32. The molecule has 1 atom stereocenters. The van der Waals surface area contributed by atoms with Gasteiger partial charge in [0, 0.05) is 34.9 Å². The van der Waals surface area contributed by atoms with Crippen LogP contribution in [0.1, 0.15) is 49.7 Å². The van der Waals surface area contributed by atoms with Gasteiger partial charge in [0.15, 0.2) is 0 Å². The molecule has 7 heteroatoms. The van der Waals surface area contributed by atoms with Crippen molar-refractivity contribution >= 4 is 39.3 Å². The maximum absolute atomic E-state index is 13.7. The zero-order valence-electron chi connectivity index (χ0n) is 21.5. The number of hydrogen-bond acceptors (Lipinski definition) is 3. The minimum atomic E-state index is -0.610. The third-order valence-electron chi connectivity index (χ3n) is 6.83. The largest absolute Gasteiger partial charge is 0.494 e. The van der Waals surface area contributed by atoms with E-state index in [4.69, 9.17) is 16.3 Å². The summed E-state index contributed by atoms with van der Waals surface area (Å²) in [7, 11) is 0. The second-order valence-corrected chi connectivity index (χ2v) is 11.1. The number of carbonyl (C=O) groups is 2. The van der Waals surface area contributed by atoms with Gasteiger partial charge in [-0.15, -0.1) is 0 Å². The zero-order chi connectivity index (χ0) is 26.7. The Morgan fingerprint density at radius 1 is 0.974 bits per heavy atom. The molecule has 5 nitrogen and oxygen atoms in total. The SMILES string of the molecule is O=C(NC1CCCC1)[C@H](Cc1ccccc1)N(Cc1cccc(Br)c1)C(=O)CCCOc1ccc(Cl)cc1. The van der Waals surface area contributed by atoms with E-state index in [9.17, 15) is 9.59 Å². The number of carbonyl (C=O) groups excluding carboxylic acids is 2. The van der Waals surface area contributed by atoms with Crippen LogP contribution in [0.15, 0.2) is 83.3 Å². The average molecular weight is 598 g/mol. The number of rotatable bonds is 12. The van der Waals surface area contributed by atoms with E-state index in [1.54, 1.807) is 17.0 Å². The molecule has 4 rings (SSSR count). The van der Waals surface area contributed by atoms with Gasteiger partial charge in [0.2, 0.25) is 11.8 Å². The number of benzene rings is 3. The lowest BCUT2D eigenvalue weighted by Crippen LogP contribution is -2.52. The summed E-state index contributed by atoms with van der Waals surface area (Å²) >= 11 is 9.49. The monoisotopic (exact) mass is 596 g/mol. The molecule has 1 N–H and O–H groups in total. The van der Waals surface area contributed by atoms with E-state index in [1.807, 2.05) is 66.7 Å². The lowest BCUT2D eigenvalue weighted by Gasteiger charge is -2.32. The minimum Gasteiger partial charge on any atom is -0.494 e. The fourth-order valence-corrected chi connectivity index (χ4v) is 5.41. The summed E-state index contributed by atoms with van der Waals surface area (Å²) in [6.07, 6.45) is 5.52. The lowest BCUT2D eigenvalue weighted by atomic mass is 10.0. The van der Waals surface area contributed by atoms with Crippen molar-refractivity contribution in [3.63, 3.8) is 0 Å². The molecule has 2 amide bonds. The topological polar surface area (TPSA) is 58.6 Å². The molecule has 3 aromatic rings. The molecule has 3 aromatic carbocycles. The standard InChI is InChI=1S/C31H34BrClN2O3/c32-25-11-6-10-24(20-25)22-35(30(36)14-7-19-38-28-17-15-26(33)16-18-28)29(21-23-8-2-1-3-9-23)31(37)34-27-12-4-5-13-27/h1-3,6,8-11,15-18,20,27,29H,4-5,7,12-14,19,21-22H2,(H,34,37)/t29-/m0/s1. The molecule has 1 saturated carbocycles. The third-order valence-corrected chi connectivity index (χ3v) is 7.58. The molecule has 0 bridgehead atoms. The maximum Gasteiger partial charge on any atom is 0.243 e. The van der Waals surface area contributed by atoms with Gasteiger partial charge in [0.25, 0.3) is 0 Å². The van der Waals surface area contributed by atoms with Crippen LogP contribution in [-0.4, -0.2) is 35.4 Å². The lowest BCUT2D eigenvalue weighted by molar-refractivity contribution is -0.141. The van der Waals surface area contributed by atoms with Crippen molar-refractivity contribution in [2.24, 2.45) is 0 Å². The highest BCUT2D eigenvalue weighted by atomic mass is 79.9. The van der Waals surface area contributed by atoms with E-state index in [2.05, 4.69) is 21.2 Å². The quantitative estimate of drug-likeness (QED) is 0.230. The van der Waals surface area contributed by atoms with Gasteiger partial charge in [-0.05, 0) is 66.8 Å². The number of nitrogens with zero attached hydrogens (tertiary/aromatic N) is 1. The molecule has 1 aliphatic rings. The van der Waals surface area contributed by atoms with Crippen LogP contribution in [0.25, 0.3) is 0 Å². The summed E-state index contributed by atoms with van der Waals surface area (Å²) < 4.78 is 6.74. The molecule has 1 fully saturated rings. The van der Waals surface area contributed by atoms with Gasteiger partial charge < -0.3 is 15.0 Å². The zero-order valence-corrected chi connectivity index (χ0v) is 23.8. The number of halogens is 2. The minimum absolute atomic E-state index is 0.0628. The van der Waals surface area contributed by atoms with Gasteiger partial charge in [-0.3, -0.25) is 9.59 Å². The molecule has 1 aliphatic carbocycles. The van der Waals surface area contributed by atoms with E-state index in [-0.39, 0.29) is 24.3 Å². The van der Waals surface area contributed by atoms with Crippen molar-refractivity contribution in [1.82, 2.24) is 10.2 Å². The molecular weight excluding hydrogens is 564 g/mol. The first kappa shape index (κ1) is 28.2. The van der Waals surface area contributed by atoms with Gasteiger partial charge in [-0.25, -0.2) is 0 Å². The Balaban J connectivity index is 1.51. The Kier molecular flexibility index (Phi) is 10.6. The van der Waals surface area contributed by atoms with Crippen LogP contribution in [0, 0.1) is 0 Å². The van der Waals surface area contributed by atoms with Gasteiger partial charge in [-0.2, -0.15) is 0 Å². The molecule has 0 aromatic heterocycles. The normalized spacial score (nSPS) is 14.2. The third kappa shape index (κ3) is 8.60. The van der Waals surface area contributed by atoms with Crippen molar-refractivity contribution in [3.8, 4) is 5.75 Å². The van der Waals surface area contributed by atoms with E-state index in [0.717, 1.165) is 41.3 Å². The number of amides is 2. The molecule has 0 unspecified atom stereocenters. The molecule has 0 radical (unpaired) electrons. The predicted molar refractivity (Wildman–Crippen MR) is 155 cm³/mol. The first-order valence-corrected chi connectivity index (χ1v) is 14.4. The summed E-state index contributed by atoms with van der Waals surface area (Å²) in [6.45, 7) is 0.752. The fraction of sp³-hybridized carbons (Fsp3) is 0.355. The van der Waals surface area contributed by atoms with Crippen LogP contribution in [0.2, 0.25) is 5.02 Å². The summed E-state index contributed by atoms with van der Waals surface area (Å²) in [6, 6.07) is 24.6. The van der Waals surface area contributed by atoms with E-state index in [0.29, 0.717) is 36.8 Å². The molecule has 200 valence electrons. The average Bonchev–Trinajstić information content (AvgIpc) is 3.43. The van der Waals surface area contributed by atoms with Crippen molar-refractivity contribution in [3.05, 3.63) is 99.5 Å². The maximum atomic E-state index is 13.7. The number of ether oxygens (including phenoxy) is 1. The van der Waals surface area contributed by atoms with Crippen LogP contribution in [-0.2, 0) is 22.6 Å². The number of nitrogens with one attached hydrogen (secondary N) is 1. The molecule has 0 saturated heterocycles. The van der Waals surface area contributed by atoms with Crippen LogP contribution in [0.5, 0.6) is 5.75 Å². The van der Waals surface area contributed by atoms with Gasteiger partial charge in [-0.1, -0.05) is 82.8 Å². The highest BCUT2D eigenvalue weighted by Crippen LogP contribution is 2.22. The fourth-order valence-electron chi connectivity index (χ4n) is 4.84. The second kappa shape index (κ2) is 14.4. The molecular formula is C31H34BrClN2O3. The van der Waals surface area contributed by atoms with Gasteiger partial charge >= 0.3 is 0 Å². The Labute approximate surface area is 238 Å². The summed E-state index contributed by atoms with van der Waals surface area (Å²) in [5.74, 6) is 0.569. The summed E-state index contributed by atoms with van der Waals surface area (Å²) in [5, 5.41) is 3.90. The van der Waals surface area contributed by atoms with Gasteiger partial charge in [0.05, 0.1) is 6.61 Å². The molecule has 0 heterocycles. The summed E-state index contributed by atoms with van der Waals surface area (Å²) in [4.78, 5) is 29.2. The van der Waals surface area contributed by atoms with Crippen LogP contribution in [0.4, 0.5) is 0 Å². The van der Waals surface area contributed by atoms with Crippen molar-refractivity contribution in [1.29, 1.82) is 0 Å². The van der Waals surface area contributed by atoms with Crippen molar-refractivity contribution in [2.75, 3.05) is 6.61 Å². The molecule has 38 heavy (non-hydrogen) atoms. The summed E-state index contributed by atoms with van der Waals surface area (Å²) in [5.41, 5.74) is 1.99. The molecule has 0 aliphatic heterocycles. The van der Waals surface area contributed by atoms with E-state index in [1.165, 1.54) is 0 Å². The number of hydrogen-bond donors (Lipinski definition) is 1. The Hall–Kier alpha value is -2.83. The smallest absolute Gasteiger partial charge is 0.243 e. The van der Waals surface area contributed by atoms with E-state index >= 15 is 0 Å². The van der Waals surface area contributed by atoms with Gasteiger partial charge in [0.1, 0.15) is 11.8 Å². The van der Waals surface area contributed by atoms with Crippen LogP contribution >= 0.6 is 27.5 Å². The first-order valence-electron chi connectivity index (χ1n) is 13.2. The Bertz CT molecular complexity index is 1180. The first-order chi connectivity index (χ1) is 18.5. The van der Waals surface area contributed by atoms with Crippen molar-refractivity contribution in [2.45, 2.75) is 63.6 Å². The van der Waals surface area contributed by atoms with Crippen LogP contribution < -0.4 is 10.1 Å². The van der Waals surface area contributed by atoms with Crippen LogP contribution in [0.3, 0.4) is 0 Å².